The molecule has 0 fully saturated rings. The van der Waals surface area contributed by atoms with Crippen molar-refractivity contribution in [2.24, 2.45) is 0 Å². The molecule has 0 aliphatic carbocycles. The first kappa shape index (κ1) is 15.8. The summed E-state index contributed by atoms with van der Waals surface area (Å²) in [7, 11) is 3.74. The van der Waals surface area contributed by atoms with Crippen molar-refractivity contribution in [1.82, 2.24) is 9.47 Å². The number of hydrogen-bond donors (Lipinski definition) is 0. The Bertz CT molecular complexity index is 1060. The number of carbonyl (C=O) groups is 1. The molecule has 5 rings (SSSR count). The van der Waals surface area contributed by atoms with E-state index in [0.717, 1.165) is 44.6 Å². The molecule has 3 aromatic rings. The van der Waals surface area contributed by atoms with Gasteiger partial charge >= 0.3 is 0 Å². The maximum Gasteiger partial charge on any atom is 0.257 e. The first-order valence-corrected chi connectivity index (χ1v) is 9.39. The zero-order valence-electron chi connectivity index (χ0n) is 14.6. The van der Waals surface area contributed by atoms with Crippen LogP contribution < -0.4 is 9.64 Å². The molecule has 2 aliphatic heterocycles. The molecule has 132 valence electrons. The van der Waals surface area contributed by atoms with Gasteiger partial charge in [0.15, 0.2) is 0 Å². The van der Waals surface area contributed by atoms with Crippen molar-refractivity contribution in [3.05, 3.63) is 58.2 Å². The van der Waals surface area contributed by atoms with Crippen LogP contribution in [0.3, 0.4) is 0 Å². The van der Waals surface area contributed by atoms with Crippen molar-refractivity contribution in [2.45, 2.75) is 12.7 Å². The number of rotatable bonds is 1. The summed E-state index contributed by atoms with van der Waals surface area (Å²) in [6.45, 7) is 1.47. The molecule has 3 heterocycles. The number of fused-ring (bicyclic) bond motifs is 6. The van der Waals surface area contributed by atoms with Crippen molar-refractivity contribution in [3.8, 4) is 5.75 Å². The summed E-state index contributed by atoms with van der Waals surface area (Å²) in [5.74, 6) is 0.932. The second kappa shape index (κ2) is 5.51. The third-order valence-corrected chi connectivity index (χ3v) is 6.33. The highest BCUT2D eigenvalue weighted by Crippen LogP contribution is 2.45. The van der Waals surface area contributed by atoms with Gasteiger partial charge in [-0.3, -0.25) is 4.79 Å². The summed E-state index contributed by atoms with van der Waals surface area (Å²) in [6, 6.07) is 14.0. The number of nitrogens with zero attached hydrogens (tertiary/aromatic N) is 3. The van der Waals surface area contributed by atoms with Crippen LogP contribution in [0.25, 0.3) is 10.9 Å². The fourth-order valence-electron chi connectivity index (χ4n) is 4.26. The van der Waals surface area contributed by atoms with Gasteiger partial charge in [-0.2, -0.15) is 0 Å². The Balaban J connectivity index is 1.76. The minimum Gasteiger partial charge on any atom is -0.497 e. The SMILES string of the molecule is COc1ccc2c(c1)c(Br)c1n2CCN2C(=O)c3ccccc3N(C)C12. The number of ether oxygens (including phenoxy) is 1. The molecule has 1 aromatic heterocycles. The Kier molecular flexibility index (Phi) is 3.34. The van der Waals surface area contributed by atoms with Crippen molar-refractivity contribution >= 4 is 38.4 Å². The third kappa shape index (κ3) is 1.93. The zero-order chi connectivity index (χ0) is 18.0. The van der Waals surface area contributed by atoms with Gasteiger partial charge in [0.05, 0.1) is 28.5 Å². The van der Waals surface area contributed by atoms with Crippen LogP contribution in [-0.4, -0.2) is 36.1 Å². The molecule has 0 saturated carbocycles. The van der Waals surface area contributed by atoms with Crippen molar-refractivity contribution < 1.29 is 9.53 Å². The van der Waals surface area contributed by atoms with E-state index in [0.29, 0.717) is 6.54 Å². The molecule has 0 radical (unpaired) electrons. The van der Waals surface area contributed by atoms with E-state index in [1.807, 2.05) is 41.3 Å². The Morgan fingerprint density at radius 2 is 1.96 bits per heavy atom. The number of para-hydroxylation sites is 1. The van der Waals surface area contributed by atoms with Gasteiger partial charge in [0, 0.05) is 31.0 Å². The monoisotopic (exact) mass is 411 g/mol. The fourth-order valence-corrected chi connectivity index (χ4v) is 5.00. The maximum atomic E-state index is 13.1. The first-order valence-electron chi connectivity index (χ1n) is 8.60. The van der Waals surface area contributed by atoms with Gasteiger partial charge in [-0.05, 0) is 46.3 Å². The van der Waals surface area contributed by atoms with Crippen LogP contribution in [0.5, 0.6) is 5.75 Å². The van der Waals surface area contributed by atoms with E-state index in [-0.39, 0.29) is 12.1 Å². The number of hydrogen-bond acceptors (Lipinski definition) is 3. The molecular formula is C20H18BrN3O2. The maximum absolute atomic E-state index is 13.1. The quantitative estimate of drug-likeness (QED) is 0.606. The molecule has 1 amide bonds. The second-order valence-corrected chi connectivity index (χ2v) is 7.53. The van der Waals surface area contributed by atoms with Gasteiger partial charge in [0.25, 0.3) is 5.91 Å². The molecule has 1 atom stereocenters. The van der Waals surface area contributed by atoms with E-state index in [9.17, 15) is 4.79 Å². The van der Waals surface area contributed by atoms with E-state index < -0.39 is 0 Å². The van der Waals surface area contributed by atoms with Crippen LogP contribution in [0, 0.1) is 0 Å². The van der Waals surface area contributed by atoms with Gasteiger partial charge in [0.2, 0.25) is 0 Å². The Morgan fingerprint density at radius 1 is 1.15 bits per heavy atom. The summed E-state index contributed by atoms with van der Waals surface area (Å²) in [5.41, 5.74) is 4.02. The van der Waals surface area contributed by atoms with Crippen molar-refractivity contribution in [3.63, 3.8) is 0 Å². The van der Waals surface area contributed by atoms with Crippen LogP contribution in [-0.2, 0) is 6.54 Å². The summed E-state index contributed by atoms with van der Waals surface area (Å²) < 4.78 is 8.74. The smallest absolute Gasteiger partial charge is 0.257 e. The van der Waals surface area contributed by atoms with Crippen LogP contribution >= 0.6 is 15.9 Å². The number of amides is 1. The molecule has 0 bridgehead atoms. The highest BCUT2D eigenvalue weighted by atomic mass is 79.9. The largest absolute Gasteiger partial charge is 0.497 e. The number of halogens is 1. The summed E-state index contributed by atoms with van der Waals surface area (Å²) in [4.78, 5) is 17.3. The molecule has 5 nitrogen and oxygen atoms in total. The lowest BCUT2D eigenvalue weighted by molar-refractivity contribution is 0.0601. The Morgan fingerprint density at radius 3 is 2.77 bits per heavy atom. The highest BCUT2D eigenvalue weighted by Gasteiger charge is 2.42. The van der Waals surface area contributed by atoms with Gasteiger partial charge in [-0.1, -0.05) is 12.1 Å². The summed E-state index contributed by atoms with van der Waals surface area (Å²) >= 11 is 3.81. The lowest BCUT2D eigenvalue weighted by atomic mass is 10.0. The summed E-state index contributed by atoms with van der Waals surface area (Å²) in [5, 5.41) is 1.11. The predicted molar refractivity (Wildman–Crippen MR) is 105 cm³/mol. The molecular weight excluding hydrogens is 394 g/mol. The average molecular weight is 412 g/mol. The molecule has 2 aromatic carbocycles. The van der Waals surface area contributed by atoms with E-state index >= 15 is 0 Å². The fraction of sp³-hybridized carbons (Fsp3) is 0.250. The zero-order valence-corrected chi connectivity index (χ0v) is 16.2. The summed E-state index contributed by atoms with van der Waals surface area (Å²) in [6.07, 6.45) is -0.126. The first-order chi connectivity index (χ1) is 12.6. The van der Waals surface area contributed by atoms with Crippen molar-refractivity contribution in [1.29, 1.82) is 0 Å². The third-order valence-electron chi connectivity index (χ3n) is 5.49. The number of carbonyl (C=O) groups excluding carboxylic acids is 1. The van der Waals surface area contributed by atoms with Crippen LogP contribution in [0.15, 0.2) is 46.9 Å². The Labute approximate surface area is 159 Å². The molecule has 2 aliphatic rings. The number of benzene rings is 2. The molecule has 0 spiro atoms. The number of anilines is 1. The van der Waals surface area contributed by atoms with Crippen LogP contribution in [0.4, 0.5) is 5.69 Å². The molecule has 26 heavy (non-hydrogen) atoms. The van der Waals surface area contributed by atoms with Gasteiger partial charge in [-0.25, -0.2) is 0 Å². The van der Waals surface area contributed by atoms with E-state index in [1.54, 1.807) is 7.11 Å². The molecule has 0 N–H and O–H groups in total. The molecule has 6 heteroatoms. The Hall–Kier alpha value is -2.47. The van der Waals surface area contributed by atoms with Crippen molar-refractivity contribution in [2.75, 3.05) is 25.6 Å². The van der Waals surface area contributed by atoms with Gasteiger partial charge in [-0.15, -0.1) is 0 Å². The topological polar surface area (TPSA) is 37.7 Å². The van der Waals surface area contributed by atoms with E-state index in [1.165, 1.54) is 0 Å². The predicted octanol–water partition coefficient (Wildman–Crippen LogP) is 4.02. The standard InChI is InChI=1S/C20H18BrN3O2/c1-22-15-6-4-3-5-13(15)20(25)24-10-9-23-16-8-7-12(26-2)11-14(16)17(21)18(23)19(22)24/h3-8,11,19H,9-10H2,1-2H3. The van der Waals surface area contributed by atoms with E-state index in [2.05, 4.69) is 38.5 Å². The minimum absolute atomic E-state index is 0.102. The van der Waals surface area contributed by atoms with Gasteiger partial charge in [0.1, 0.15) is 11.9 Å². The lowest BCUT2D eigenvalue weighted by Gasteiger charge is -2.46. The normalized spacial score (nSPS) is 18.6. The number of aromatic nitrogens is 1. The van der Waals surface area contributed by atoms with Gasteiger partial charge < -0.3 is 19.1 Å². The van der Waals surface area contributed by atoms with E-state index in [4.69, 9.17) is 4.74 Å². The minimum atomic E-state index is -0.126. The molecule has 1 unspecified atom stereocenters. The van der Waals surface area contributed by atoms with Crippen LogP contribution in [0.2, 0.25) is 0 Å². The highest BCUT2D eigenvalue weighted by molar-refractivity contribution is 9.10. The number of methoxy groups -OCH3 is 1. The average Bonchev–Trinajstić information content (AvgIpc) is 2.97. The lowest BCUT2D eigenvalue weighted by Crippen LogP contribution is -2.52. The second-order valence-electron chi connectivity index (χ2n) is 6.73. The van der Waals surface area contributed by atoms with Crippen LogP contribution in [0.1, 0.15) is 22.2 Å². The molecule has 0 saturated heterocycles.